The molecule has 0 atom stereocenters. The lowest BCUT2D eigenvalue weighted by atomic mass is 10.2. The van der Waals surface area contributed by atoms with Crippen LogP contribution in [0.1, 0.15) is 25.7 Å². The SMILES string of the molecule is O=S(=O)(Nc1ccc(NC2CCCC2)nn1)c1cccs1. The average molecular weight is 324 g/mol. The highest BCUT2D eigenvalue weighted by Crippen LogP contribution is 2.22. The fraction of sp³-hybridized carbons (Fsp3) is 0.385. The van der Waals surface area contributed by atoms with Crippen molar-refractivity contribution in [2.24, 2.45) is 0 Å². The van der Waals surface area contributed by atoms with Crippen LogP contribution >= 0.6 is 11.3 Å². The van der Waals surface area contributed by atoms with Gasteiger partial charge in [0.25, 0.3) is 10.0 Å². The first-order chi connectivity index (χ1) is 10.1. The third-order valence-corrected chi connectivity index (χ3v) is 6.12. The van der Waals surface area contributed by atoms with Crippen LogP contribution in [0, 0.1) is 0 Å². The molecule has 8 heteroatoms. The van der Waals surface area contributed by atoms with E-state index in [0.29, 0.717) is 11.9 Å². The lowest BCUT2D eigenvalue weighted by molar-refractivity contribution is 0.603. The van der Waals surface area contributed by atoms with Crippen molar-refractivity contribution in [1.29, 1.82) is 0 Å². The van der Waals surface area contributed by atoms with Crippen molar-refractivity contribution in [1.82, 2.24) is 10.2 Å². The lowest BCUT2D eigenvalue weighted by Crippen LogP contribution is -2.17. The minimum absolute atomic E-state index is 0.223. The highest BCUT2D eigenvalue weighted by Gasteiger charge is 2.17. The van der Waals surface area contributed by atoms with Gasteiger partial charge in [-0.3, -0.25) is 4.72 Å². The molecule has 0 saturated heterocycles. The Morgan fingerprint density at radius 2 is 1.81 bits per heavy atom. The molecular formula is C13H16N4O2S2. The maximum Gasteiger partial charge on any atom is 0.272 e. The molecule has 6 nitrogen and oxygen atoms in total. The Hall–Kier alpha value is -1.67. The molecule has 1 aliphatic carbocycles. The summed E-state index contributed by atoms with van der Waals surface area (Å²) in [4.78, 5) is 0. The fourth-order valence-corrected chi connectivity index (χ4v) is 4.34. The largest absolute Gasteiger partial charge is 0.366 e. The monoisotopic (exact) mass is 324 g/mol. The fourth-order valence-electron chi connectivity index (χ4n) is 2.35. The third kappa shape index (κ3) is 3.51. The third-order valence-electron chi connectivity index (χ3n) is 3.37. The van der Waals surface area contributed by atoms with Gasteiger partial charge in [0.05, 0.1) is 0 Å². The van der Waals surface area contributed by atoms with Crippen molar-refractivity contribution < 1.29 is 8.42 Å². The Balaban J connectivity index is 1.67. The van der Waals surface area contributed by atoms with Gasteiger partial charge in [-0.15, -0.1) is 21.5 Å². The number of sulfonamides is 1. The Bertz CT molecular complexity index is 677. The number of hydrogen-bond acceptors (Lipinski definition) is 6. The van der Waals surface area contributed by atoms with E-state index >= 15 is 0 Å². The van der Waals surface area contributed by atoms with Crippen LogP contribution in [0.15, 0.2) is 33.9 Å². The molecule has 112 valence electrons. The second-order valence-corrected chi connectivity index (χ2v) is 7.82. The quantitative estimate of drug-likeness (QED) is 0.883. The van der Waals surface area contributed by atoms with E-state index in [-0.39, 0.29) is 10.0 Å². The van der Waals surface area contributed by atoms with E-state index in [1.54, 1.807) is 29.6 Å². The molecule has 2 aromatic heterocycles. The first-order valence-corrected chi connectivity index (χ1v) is 9.16. The van der Waals surface area contributed by atoms with Crippen LogP contribution in [0.2, 0.25) is 0 Å². The van der Waals surface area contributed by atoms with Crippen LogP contribution < -0.4 is 10.0 Å². The number of nitrogens with one attached hydrogen (secondary N) is 2. The van der Waals surface area contributed by atoms with Crippen LogP contribution in [-0.2, 0) is 10.0 Å². The van der Waals surface area contributed by atoms with E-state index in [9.17, 15) is 8.42 Å². The Morgan fingerprint density at radius 1 is 1.10 bits per heavy atom. The zero-order valence-corrected chi connectivity index (χ0v) is 13.0. The molecule has 0 spiro atoms. The van der Waals surface area contributed by atoms with Crippen LogP contribution in [0.5, 0.6) is 0 Å². The zero-order chi connectivity index (χ0) is 14.7. The molecule has 1 aliphatic rings. The second-order valence-electron chi connectivity index (χ2n) is 4.97. The minimum atomic E-state index is -3.56. The topological polar surface area (TPSA) is 84.0 Å². The van der Waals surface area contributed by atoms with Gasteiger partial charge in [-0.25, -0.2) is 8.42 Å². The van der Waals surface area contributed by atoms with Gasteiger partial charge in [0.15, 0.2) is 5.82 Å². The standard InChI is InChI=1S/C13H16N4O2S2/c18-21(19,13-6-3-9-20-13)17-12-8-7-11(15-16-12)14-10-4-1-2-5-10/h3,6-10H,1-2,4-5H2,(H,14,15)(H,16,17). The second kappa shape index (κ2) is 5.98. The summed E-state index contributed by atoms with van der Waals surface area (Å²) >= 11 is 1.16. The van der Waals surface area contributed by atoms with Crippen LogP contribution in [-0.4, -0.2) is 24.7 Å². The summed E-state index contributed by atoms with van der Waals surface area (Å²) in [5.41, 5.74) is 0. The molecule has 0 bridgehead atoms. The number of nitrogens with zero attached hydrogens (tertiary/aromatic N) is 2. The first-order valence-electron chi connectivity index (χ1n) is 6.80. The van der Waals surface area contributed by atoms with Gasteiger partial charge in [0.2, 0.25) is 0 Å². The Labute approximate surface area is 127 Å². The number of hydrogen-bond donors (Lipinski definition) is 2. The molecule has 0 unspecified atom stereocenters. The van der Waals surface area contributed by atoms with E-state index < -0.39 is 10.0 Å². The lowest BCUT2D eigenvalue weighted by Gasteiger charge is -2.12. The van der Waals surface area contributed by atoms with Crippen LogP contribution in [0.4, 0.5) is 11.6 Å². The maximum atomic E-state index is 12.0. The van der Waals surface area contributed by atoms with Crippen LogP contribution in [0.25, 0.3) is 0 Å². The Kier molecular flexibility index (Phi) is 4.07. The van der Waals surface area contributed by atoms with Gasteiger partial charge in [-0.2, -0.15) is 0 Å². The molecule has 2 N–H and O–H groups in total. The van der Waals surface area contributed by atoms with Gasteiger partial charge in [-0.05, 0) is 36.4 Å². The van der Waals surface area contributed by atoms with Crippen molar-refractivity contribution in [3.05, 3.63) is 29.6 Å². The predicted molar refractivity (Wildman–Crippen MR) is 83.0 cm³/mol. The number of rotatable bonds is 5. The normalized spacial score (nSPS) is 16.0. The van der Waals surface area contributed by atoms with Gasteiger partial charge < -0.3 is 5.32 Å². The molecule has 0 aliphatic heterocycles. The Morgan fingerprint density at radius 3 is 2.43 bits per heavy atom. The molecule has 0 radical (unpaired) electrons. The molecule has 2 heterocycles. The summed E-state index contributed by atoms with van der Waals surface area (Å²) in [5.74, 6) is 0.904. The number of anilines is 2. The van der Waals surface area contributed by atoms with Gasteiger partial charge >= 0.3 is 0 Å². The summed E-state index contributed by atoms with van der Waals surface area (Å²) < 4.78 is 26.8. The van der Waals surface area contributed by atoms with Crippen molar-refractivity contribution in [2.45, 2.75) is 35.9 Å². The first kappa shape index (κ1) is 14.3. The van der Waals surface area contributed by atoms with Gasteiger partial charge in [0, 0.05) is 6.04 Å². The smallest absolute Gasteiger partial charge is 0.272 e. The van der Waals surface area contributed by atoms with E-state index in [1.807, 2.05) is 0 Å². The van der Waals surface area contributed by atoms with Gasteiger partial charge in [-0.1, -0.05) is 18.9 Å². The van der Waals surface area contributed by atoms with Crippen molar-refractivity contribution in [3.8, 4) is 0 Å². The molecule has 21 heavy (non-hydrogen) atoms. The summed E-state index contributed by atoms with van der Waals surface area (Å²) in [5, 5.41) is 13.0. The molecule has 3 rings (SSSR count). The minimum Gasteiger partial charge on any atom is -0.366 e. The number of aromatic nitrogens is 2. The molecule has 2 aromatic rings. The van der Waals surface area contributed by atoms with Gasteiger partial charge in [0.1, 0.15) is 10.0 Å². The van der Waals surface area contributed by atoms with Crippen molar-refractivity contribution in [2.75, 3.05) is 10.0 Å². The summed E-state index contributed by atoms with van der Waals surface area (Å²) in [7, 11) is -3.56. The summed E-state index contributed by atoms with van der Waals surface area (Å²) in [6.07, 6.45) is 4.77. The molecular weight excluding hydrogens is 308 g/mol. The summed E-state index contributed by atoms with van der Waals surface area (Å²) in [6.45, 7) is 0. The maximum absolute atomic E-state index is 12.0. The highest BCUT2D eigenvalue weighted by molar-refractivity contribution is 7.94. The molecule has 1 fully saturated rings. The average Bonchev–Trinajstić information content (AvgIpc) is 3.13. The van der Waals surface area contributed by atoms with Crippen molar-refractivity contribution in [3.63, 3.8) is 0 Å². The molecule has 0 aromatic carbocycles. The van der Waals surface area contributed by atoms with Crippen LogP contribution in [0.3, 0.4) is 0 Å². The predicted octanol–water partition coefficient (Wildman–Crippen LogP) is 2.69. The van der Waals surface area contributed by atoms with E-state index in [1.165, 1.54) is 12.8 Å². The van der Waals surface area contributed by atoms with E-state index in [2.05, 4.69) is 20.2 Å². The summed E-state index contributed by atoms with van der Waals surface area (Å²) in [6, 6.07) is 7.07. The van der Waals surface area contributed by atoms with Crippen molar-refractivity contribution >= 4 is 33.0 Å². The zero-order valence-electron chi connectivity index (χ0n) is 11.3. The molecule has 0 amide bonds. The van der Waals surface area contributed by atoms with E-state index in [4.69, 9.17) is 0 Å². The molecule has 1 saturated carbocycles. The highest BCUT2D eigenvalue weighted by atomic mass is 32.2. The number of thiophene rings is 1. The van der Waals surface area contributed by atoms with E-state index in [0.717, 1.165) is 24.2 Å².